The Bertz CT molecular complexity index is 698. The van der Waals surface area contributed by atoms with Crippen LogP contribution in [0.3, 0.4) is 0 Å². The summed E-state index contributed by atoms with van der Waals surface area (Å²) < 4.78 is 0. The quantitative estimate of drug-likeness (QED) is 0.141. The van der Waals surface area contributed by atoms with Crippen LogP contribution in [0.25, 0.3) is 10.9 Å². The van der Waals surface area contributed by atoms with Crippen molar-refractivity contribution in [2.45, 2.75) is 0 Å². The Morgan fingerprint density at radius 2 is 2.33 bits per heavy atom. The maximum atomic E-state index is 10.7. The number of nitrogens with one attached hydrogen (secondary N) is 1. The lowest BCUT2D eigenvalue weighted by Gasteiger charge is -1.91. The molecule has 0 aliphatic carbocycles. The van der Waals surface area contributed by atoms with Gasteiger partial charge in [0.25, 0.3) is 10.9 Å². The first-order valence-electron chi connectivity index (χ1n) is 4.69. The van der Waals surface area contributed by atoms with Gasteiger partial charge in [0.2, 0.25) is 5.88 Å². The minimum atomic E-state index is -0.544. The van der Waals surface area contributed by atoms with Crippen LogP contribution in [0.4, 0.5) is 11.4 Å². The van der Waals surface area contributed by atoms with E-state index in [-0.39, 0.29) is 22.4 Å². The SMILES string of the molecule is NC([S-])=[N+]=Nc1c(O)[nH]c2ccc([N+](=O)[O-])cc12. The molecule has 1 heterocycles. The molecule has 18 heavy (non-hydrogen) atoms. The number of hydrogen-bond donors (Lipinski definition) is 3. The van der Waals surface area contributed by atoms with Crippen LogP contribution in [-0.2, 0) is 12.6 Å². The van der Waals surface area contributed by atoms with Crippen LogP contribution in [0.15, 0.2) is 23.3 Å². The molecule has 9 heteroatoms. The lowest BCUT2D eigenvalue weighted by Crippen LogP contribution is -2.07. The molecule has 0 aliphatic heterocycles. The molecule has 8 nitrogen and oxygen atoms in total. The van der Waals surface area contributed by atoms with Gasteiger partial charge in [0.05, 0.1) is 10.4 Å². The highest BCUT2D eigenvalue weighted by Crippen LogP contribution is 2.36. The Hall–Kier alpha value is -2.64. The first kappa shape index (κ1) is 11.8. The number of fused-ring (bicyclic) bond motifs is 1. The van der Waals surface area contributed by atoms with Gasteiger partial charge in [-0.3, -0.25) is 15.8 Å². The minimum absolute atomic E-state index is 0.0569. The third-order valence-electron chi connectivity index (χ3n) is 2.20. The minimum Gasteiger partial charge on any atom is -0.671 e. The van der Waals surface area contributed by atoms with E-state index in [1.54, 1.807) is 0 Å². The number of nitrogens with zero attached hydrogens (tertiary/aromatic N) is 3. The summed E-state index contributed by atoms with van der Waals surface area (Å²) in [6, 6.07) is 4.05. The fourth-order valence-corrected chi connectivity index (χ4v) is 1.51. The molecule has 0 aliphatic rings. The average Bonchev–Trinajstić information content (AvgIpc) is 2.60. The molecule has 2 aromatic rings. The van der Waals surface area contributed by atoms with Crippen molar-refractivity contribution in [3.05, 3.63) is 28.3 Å². The van der Waals surface area contributed by atoms with Gasteiger partial charge in [-0.15, -0.1) is 4.79 Å². The molecule has 0 atom stereocenters. The number of hydrogen-bond acceptors (Lipinski definition) is 5. The van der Waals surface area contributed by atoms with E-state index >= 15 is 0 Å². The zero-order chi connectivity index (χ0) is 13.3. The van der Waals surface area contributed by atoms with Crippen molar-refractivity contribution in [1.82, 2.24) is 4.98 Å². The van der Waals surface area contributed by atoms with Gasteiger partial charge in [-0.25, -0.2) is 0 Å². The predicted molar refractivity (Wildman–Crippen MR) is 65.5 cm³/mol. The van der Waals surface area contributed by atoms with Gasteiger partial charge in [-0.2, -0.15) is 0 Å². The second-order valence-electron chi connectivity index (χ2n) is 3.35. The van der Waals surface area contributed by atoms with E-state index in [0.29, 0.717) is 10.9 Å². The number of aromatic hydroxyl groups is 1. The van der Waals surface area contributed by atoms with E-state index in [0.717, 1.165) is 0 Å². The van der Waals surface area contributed by atoms with Crippen LogP contribution in [0.5, 0.6) is 5.88 Å². The van der Waals surface area contributed by atoms with Crippen molar-refractivity contribution in [2.75, 3.05) is 0 Å². The summed E-state index contributed by atoms with van der Waals surface area (Å²) >= 11 is 4.52. The Morgan fingerprint density at radius 1 is 1.61 bits per heavy atom. The van der Waals surface area contributed by atoms with Crippen LogP contribution in [0.2, 0.25) is 0 Å². The van der Waals surface area contributed by atoms with Gasteiger partial charge >= 0.3 is 0 Å². The summed E-state index contributed by atoms with van der Waals surface area (Å²) in [5.74, 6) is -0.259. The monoisotopic (exact) mass is 265 g/mol. The number of amidine groups is 1. The van der Waals surface area contributed by atoms with Crippen LogP contribution in [0.1, 0.15) is 0 Å². The highest BCUT2D eigenvalue weighted by atomic mass is 32.1. The van der Waals surface area contributed by atoms with Crippen LogP contribution < -0.4 is 5.73 Å². The van der Waals surface area contributed by atoms with E-state index < -0.39 is 4.92 Å². The van der Waals surface area contributed by atoms with E-state index in [1.807, 2.05) is 0 Å². The van der Waals surface area contributed by atoms with Gasteiger partial charge in [0, 0.05) is 22.6 Å². The highest BCUT2D eigenvalue weighted by molar-refractivity contribution is 7.76. The first-order valence-corrected chi connectivity index (χ1v) is 5.10. The fraction of sp³-hybridized carbons (Fsp3) is 0. The molecule has 4 N–H and O–H groups in total. The van der Waals surface area contributed by atoms with Gasteiger partial charge in [0.1, 0.15) is 0 Å². The zero-order valence-corrected chi connectivity index (χ0v) is 9.64. The number of benzene rings is 1. The Morgan fingerprint density at radius 3 is 2.94 bits per heavy atom. The second kappa shape index (κ2) is 4.32. The second-order valence-corrected chi connectivity index (χ2v) is 3.77. The maximum absolute atomic E-state index is 10.7. The van der Waals surface area contributed by atoms with Gasteiger partial charge in [-0.1, -0.05) is 0 Å². The molecule has 1 aromatic carbocycles. The lowest BCUT2D eigenvalue weighted by atomic mass is 10.2. The molecule has 0 fully saturated rings. The number of non-ortho nitro benzene ring substituents is 1. The molecule has 0 radical (unpaired) electrons. The summed E-state index contributed by atoms with van der Waals surface area (Å²) in [6.45, 7) is 0. The van der Waals surface area contributed by atoms with E-state index in [1.165, 1.54) is 18.2 Å². The lowest BCUT2D eigenvalue weighted by molar-refractivity contribution is -0.384. The number of aromatic nitrogens is 1. The van der Waals surface area contributed by atoms with E-state index in [4.69, 9.17) is 5.73 Å². The highest BCUT2D eigenvalue weighted by Gasteiger charge is 2.15. The first-order chi connectivity index (χ1) is 8.49. The number of nitro groups is 1. The maximum Gasteiger partial charge on any atom is 0.270 e. The Balaban J connectivity index is 2.72. The number of nitro benzene ring substituents is 1. The largest absolute Gasteiger partial charge is 0.671 e. The fourth-order valence-electron chi connectivity index (χ4n) is 1.47. The molecule has 92 valence electrons. The van der Waals surface area contributed by atoms with Crippen molar-refractivity contribution in [1.29, 1.82) is 0 Å². The number of H-pyrrole nitrogens is 1. The average molecular weight is 265 g/mol. The molecule has 2 rings (SSSR count). The van der Waals surface area contributed by atoms with Crippen molar-refractivity contribution < 1.29 is 14.8 Å². The van der Waals surface area contributed by atoms with Crippen molar-refractivity contribution >= 4 is 40.1 Å². The molecule has 0 unspecified atom stereocenters. The summed E-state index contributed by atoms with van der Waals surface area (Å²) in [5, 5.41) is 24.1. The molecule has 1 aromatic heterocycles. The molecule has 0 saturated carbocycles. The smallest absolute Gasteiger partial charge is 0.270 e. The van der Waals surface area contributed by atoms with E-state index in [9.17, 15) is 15.2 Å². The number of aromatic amines is 1. The summed E-state index contributed by atoms with van der Waals surface area (Å²) in [7, 11) is 0. The predicted octanol–water partition coefficient (Wildman–Crippen LogP) is 0.935. The molecule has 0 amide bonds. The number of rotatable bonds is 2. The Kier molecular flexibility index (Phi) is 2.84. The summed E-state index contributed by atoms with van der Waals surface area (Å²) in [6.07, 6.45) is 0. The van der Waals surface area contributed by atoms with Crippen molar-refractivity contribution in [3.8, 4) is 5.88 Å². The topological polar surface area (TPSA) is 132 Å². The Labute approximate surface area is 105 Å². The molecular formula is C9H7N5O3S. The summed E-state index contributed by atoms with van der Waals surface area (Å²) in [5.41, 5.74) is 5.59. The molecular weight excluding hydrogens is 258 g/mol. The number of nitrogens with two attached hydrogens (primary N) is 1. The van der Waals surface area contributed by atoms with Gasteiger partial charge in [0.15, 0.2) is 5.69 Å². The van der Waals surface area contributed by atoms with Crippen molar-refractivity contribution in [3.63, 3.8) is 0 Å². The normalized spacial score (nSPS) is 10.0. The summed E-state index contributed by atoms with van der Waals surface area (Å²) in [4.78, 5) is 16.2. The van der Waals surface area contributed by atoms with Crippen LogP contribution in [0, 0.1) is 10.1 Å². The third kappa shape index (κ3) is 2.08. The standard InChI is InChI=1S/C9H7N5O3S/c10-9(18)13-12-7-5-3-4(14(16)17)1-2-6(5)11-8(7)15/h1-3H,(H4,10,11,12,13,15,18). The third-order valence-corrected chi connectivity index (χ3v) is 2.28. The zero-order valence-electron chi connectivity index (χ0n) is 8.82. The molecule has 0 saturated heterocycles. The van der Waals surface area contributed by atoms with E-state index in [2.05, 4.69) is 27.5 Å². The molecule has 0 bridgehead atoms. The van der Waals surface area contributed by atoms with Gasteiger partial charge < -0.3 is 22.7 Å². The molecule has 0 spiro atoms. The van der Waals surface area contributed by atoms with Crippen LogP contribution >= 0.6 is 0 Å². The van der Waals surface area contributed by atoms with Crippen LogP contribution in [-0.4, -0.2) is 25.0 Å². The van der Waals surface area contributed by atoms with Crippen molar-refractivity contribution in [2.24, 2.45) is 10.8 Å². The van der Waals surface area contributed by atoms with Gasteiger partial charge in [-0.05, 0) is 6.07 Å².